The number of fused-ring (bicyclic) bond motifs is 1. The summed E-state index contributed by atoms with van der Waals surface area (Å²) in [7, 11) is 3.96. The van der Waals surface area contributed by atoms with Gasteiger partial charge >= 0.3 is 5.69 Å². The van der Waals surface area contributed by atoms with E-state index in [1.807, 2.05) is 30.7 Å². The largest absolute Gasteiger partial charge is 0.340 e. The minimum atomic E-state index is -0.327. The number of halogens is 1. The molecule has 8 nitrogen and oxygen atoms in total. The second kappa shape index (κ2) is 8.28. The first-order valence-corrected chi connectivity index (χ1v) is 10.7. The molecule has 1 fully saturated rings. The molecule has 0 radical (unpaired) electrons. The van der Waals surface area contributed by atoms with Gasteiger partial charge in [-0.2, -0.15) is 4.98 Å². The number of benzene rings is 1. The highest BCUT2D eigenvalue weighted by Gasteiger charge is 2.24. The van der Waals surface area contributed by atoms with Crippen molar-refractivity contribution in [3.05, 3.63) is 55.7 Å². The molecule has 1 aliphatic heterocycles. The molecule has 9 heteroatoms. The van der Waals surface area contributed by atoms with Crippen LogP contribution in [0.1, 0.15) is 18.9 Å². The zero-order valence-electron chi connectivity index (χ0n) is 17.6. The lowest BCUT2D eigenvalue weighted by Gasteiger charge is -2.32. The maximum absolute atomic E-state index is 13.4. The molecule has 160 valence electrons. The average molecular weight is 431 g/mol. The first-order chi connectivity index (χ1) is 14.4. The van der Waals surface area contributed by atoms with Crippen LogP contribution in [0, 0.1) is 0 Å². The van der Waals surface area contributed by atoms with Crippen molar-refractivity contribution in [2.45, 2.75) is 26.4 Å². The number of imidazole rings is 1. The number of piperazine rings is 1. The minimum absolute atomic E-state index is 0.198. The average Bonchev–Trinajstić information content (AvgIpc) is 3.07. The van der Waals surface area contributed by atoms with E-state index < -0.39 is 0 Å². The van der Waals surface area contributed by atoms with Gasteiger partial charge in [0.25, 0.3) is 5.56 Å². The maximum Gasteiger partial charge on any atom is 0.333 e. The Morgan fingerprint density at radius 3 is 2.30 bits per heavy atom. The van der Waals surface area contributed by atoms with Crippen LogP contribution in [0.4, 0.5) is 5.95 Å². The summed E-state index contributed by atoms with van der Waals surface area (Å²) in [4.78, 5) is 35.8. The lowest BCUT2D eigenvalue weighted by molar-refractivity contribution is 0.310. The summed E-state index contributed by atoms with van der Waals surface area (Å²) < 4.78 is 4.77. The van der Waals surface area contributed by atoms with E-state index in [1.54, 1.807) is 16.7 Å². The van der Waals surface area contributed by atoms with E-state index >= 15 is 0 Å². The monoisotopic (exact) mass is 430 g/mol. The van der Waals surface area contributed by atoms with Crippen LogP contribution in [-0.2, 0) is 20.1 Å². The Bertz CT molecular complexity index is 1170. The van der Waals surface area contributed by atoms with Crippen LogP contribution in [0.5, 0.6) is 0 Å². The SMILES string of the molecule is CCCn1c(=O)n(Cc2ccc(Cl)cc2)c(=O)c2c1nc(N1CCN(C)CC1)n2C. The lowest BCUT2D eigenvalue weighted by Crippen LogP contribution is -2.45. The van der Waals surface area contributed by atoms with Crippen LogP contribution >= 0.6 is 11.6 Å². The summed E-state index contributed by atoms with van der Waals surface area (Å²) >= 11 is 5.97. The summed E-state index contributed by atoms with van der Waals surface area (Å²) in [6.45, 7) is 6.27. The third-order valence-corrected chi connectivity index (χ3v) is 5.96. The first kappa shape index (κ1) is 20.7. The Morgan fingerprint density at radius 2 is 1.67 bits per heavy atom. The summed E-state index contributed by atoms with van der Waals surface area (Å²) in [5.74, 6) is 0.740. The van der Waals surface area contributed by atoms with Gasteiger partial charge in [0, 0.05) is 44.8 Å². The number of likely N-dealkylation sites (N-methyl/N-ethyl adjacent to an activating group) is 1. The van der Waals surface area contributed by atoms with Gasteiger partial charge in [-0.1, -0.05) is 30.7 Å². The number of aromatic nitrogens is 4. The fourth-order valence-corrected chi connectivity index (χ4v) is 4.10. The molecule has 3 heterocycles. The number of hydrogen-bond donors (Lipinski definition) is 0. The lowest BCUT2D eigenvalue weighted by atomic mass is 10.2. The fourth-order valence-electron chi connectivity index (χ4n) is 3.98. The number of rotatable bonds is 5. The van der Waals surface area contributed by atoms with E-state index in [0.29, 0.717) is 22.7 Å². The van der Waals surface area contributed by atoms with Crippen LogP contribution in [-0.4, -0.2) is 56.8 Å². The molecule has 4 rings (SSSR count). The van der Waals surface area contributed by atoms with Gasteiger partial charge in [0.05, 0.1) is 6.54 Å². The second-order valence-electron chi connectivity index (χ2n) is 7.89. The fraction of sp³-hybridized carbons (Fsp3) is 0.476. The van der Waals surface area contributed by atoms with E-state index in [2.05, 4.69) is 16.8 Å². The first-order valence-electron chi connectivity index (χ1n) is 10.3. The Hall–Kier alpha value is -2.58. The quantitative estimate of drug-likeness (QED) is 0.617. The van der Waals surface area contributed by atoms with Crippen molar-refractivity contribution in [1.82, 2.24) is 23.6 Å². The number of hydrogen-bond acceptors (Lipinski definition) is 5. The Morgan fingerprint density at radius 1 is 1.00 bits per heavy atom. The summed E-state index contributed by atoms with van der Waals surface area (Å²) in [6, 6.07) is 7.20. The number of anilines is 1. The summed E-state index contributed by atoms with van der Waals surface area (Å²) in [6.07, 6.45) is 0.772. The van der Waals surface area contributed by atoms with Crippen molar-refractivity contribution < 1.29 is 0 Å². The predicted octanol–water partition coefficient (Wildman–Crippen LogP) is 1.76. The minimum Gasteiger partial charge on any atom is -0.340 e. The van der Waals surface area contributed by atoms with Crippen molar-refractivity contribution in [1.29, 1.82) is 0 Å². The molecule has 0 unspecified atom stereocenters. The molecule has 1 saturated heterocycles. The Kier molecular flexibility index (Phi) is 5.71. The second-order valence-corrected chi connectivity index (χ2v) is 8.32. The van der Waals surface area contributed by atoms with Gasteiger partial charge in [-0.25, -0.2) is 4.79 Å². The van der Waals surface area contributed by atoms with Crippen LogP contribution in [0.2, 0.25) is 5.02 Å². The van der Waals surface area contributed by atoms with Crippen LogP contribution in [0.25, 0.3) is 11.2 Å². The molecule has 1 aliphatic rings. The van der Waals surface area contributed by atoms with E-state index in [4.69, 9.17) is 16.6 Å². The molecule has 0 spiro atoms. The highest BCUT2D eigenvalue weighted by atomic mass is 35.5. The van der Waals surface area contributed by atoms with Gasteiger partial charge in [0.2, 0.25) is 5.95 Å². The van der Waals surface area contributed by atoms with Crippen molar-refractivity contribution in [3.8, 4) is 0 Å². The highest BCUT2D eigenvalue weighted by molar-refractivity contribution is 6.30. The van der Waals surface area contributed by atoms with E-state index in [0.717, 1.165) is 44.1 Å². The van der Waals surface area contributed by atoms with Gasteiger partial charge in [-0.15, -0.1) is 0 Å². The molecule has 0 amide bonds. The van der Waals surface area contributed by atoms with Crippen molar-refractivity contribution >= 4 is 28.7 Å². The number of aryl methyl sites for hydroxylation is 2. The molecule has 30 heavy (non-hydrogen) atoms. The molecule has 0 atom stereocenters. The van der Waals surface area contributed by atoms with Crippen molar-refractivity contribution in [2.24, 2.45) is 7.05 Å². The summed E-state index contributed by atoms with van der Waals surface area (Å²) in [5.41, 5.74) is 1.14. The molecule has 0 aliphatic carbocycles. The van der Waals surface area contributed by atoms with Crippen molar-refractivity contribution in [2.75, 3.05) is 38.1 Å². The Balaban J connectivity index is 1.87. The van der Waals surface area contributed by atoms with E-state index in [9.17, 15) is 9.59 Å². The van der Waals surface area contributed by atoms with Gasteiger partial charge in [-0.3, -0.25) is 13.9 Å². The summed E-state index contributed by atoms with van der Waals surface area (Å²) in [5, 5.41) is 0.619. The highest BCUT2D eigenvalue weighted by Crippen LogP contribution is 2.20. The van der Waals surface area contributed by atoms with Crippen LogP contribution in [0.15, 0.2) is 33.9 Å². The predicted molar refractivity (Wildman–Crippen MR) is 120 cm³/mol. The molecular weight excluding hydrogens is 404 g/mol. The third-order valence-electron chi connectivity index (χ3n) is 5.71. The molecule has 0 bridgehead atoms. The smallest absolute Gasteiger partial charge is 0.333 e. The standard InChI is InChI=1S/C21H27ClN6O2/c1-4-9-27-18-17(25(3)20(23-18)26-12-10-24(2)11-13-26)19(29)28(21(27)30)14-15-5-7-16(22)8-6-15/h5-8H,4,9-14H2,1-3H3. The zero-order valence-corrected chi connectivity index (χ0v) is 18.4. The third kappa shape index (κ3) is 3.65. The van der Waals surface area contributed by atoms with Crippen LogP contribution in [0.3, 0.4) is 0 Å². The topological polar surface area (TPSA) is 68.3 Å². The Labute approximate surface area is 179 Å². The van der Waals surface area contributed by atoms with Gasteiger partial charge < -0.3 is 14.4 Å². The number of nitrogens with zero attached hydrogens (tertiary/aromatic N) is 6. The molecular formula is C21H27ClN6O2. The van der Waals surface area contributed by atoms with Gasteiger partial charge in [0.15, 0.2) is 11.2 Å². The zero-order chi connectivity index (χ0) is 21.4. The molecule has 0 N–H and O–H groups in total. The van der Waals surface area contributed by atoms with Crippen LogP contribution < -0.4 is 16.1 Å². The molecule has 0 saturated carbocycles. The van der Waals surface area contributed by atoms with E-state index in [1.165, 1.54) is 4.57 Å². The maximum atomic E-state index is 13.4. The molecule has 2 aromatic heterocycles. The van der Waals surface area contributed by atoms with Gasteiger partial charge in [-0.05, 0) is 31.2 Å². The van der Waals surface area contributed by atoms with Gasteiger partial charge in [0.1, 0.15) is 0 Å². The molecule has 3 aromatic rings. The van der Waals surface area contributed by atoms with Crippen molar-refractivity contribution in [3.63, 3.8) is 0 Å². The van der Waals surface area contributed by atoms with E-state index in [-0.39, 0.29) is 17.8 Å². The normalized spacial score (nSPS) is 15.3. The molecule has 1 aromatic carbocycles.